The fourth-order valence-corrected chi connectivity index (χ4v) is 0.942. The summed E-state index contributed by atoms with van der Waals surface area (Å²) in [6, 6.07) is 3.90. The second kappa shape index (κ2) is 2.54. The minimum Gasteiger partial charge on any atom is -0.285 e. The van der Waals surface area contributed by atoms with Crippen molar-refractivity contribution in [3.05, 3.63) is 36.9 Å². The van der Waals surface area contributed by atoms with Crippen molar-refractivity contribution in [2.75, 3.05) is 0 Å². The molecule has 0 aliphatic rings. The third kappa shape index (κ3) is 1.12. The number of nitrogens with one attached hydrogen (secondary N) is 1. The minimum absolute atomic E-state index is 1.07. The van der Waals surface area contributed by atoms with Gasteiger partial charge < -0.3 is 0 Å². The lowest BCUT2D eigenvalue weighted by Crippen LogP contribution is -1.73. The number of hydrogen-bond donors (Lipinski definition) is 1. The highest BCUT2D eigenvalue weighted by Gasteiger charge is 1.95. The van der Waals surface area contributed by atoms with E-state index in [0.717, 1.165) is 11.1 Å². The lowest BCUT2D eigenvalue weighted by Gasteiger charge is -1.91. The highest BCUT2D eigenvalue weighted by atomic mass is 15.1. The summed E-state index contributed by atoms with van der Waals surface area (Å²) in [5.41, 5.74) is 2.15. The molecular formula is C8H7N3. The molecule has 0 bridgehead atoms. The molecule has 3 heteroatoms. The highest BCUT2D eigenvalue weighted by molar-refractivity contribution is 5.59. The molecule has 0 saturated carbocycles. The van der Waals surface area contributed by atoms with Gasteiger partial charge in [0.15, 0.2) is 0 Å². The lowest BCUT2D eigenvalue weighted by molar-refractivity contribution is 1.09. The topological polar surface area (TPSA) is 41.6 Å². The summed E-state index contributed by atoms with van der Waals surface area (Å²) in [7, 11) is 0. The van der Waals surface area contributed by atoms with Gasteiger partial charge in [0.2, 0.25) is 0 Å². The van der Waals surface area contributed by atoms with Crippen LogP contribution in [0.2, 0.25) is 0 Å². The number of hydrogen-bond acceptors (Lipinski definition) is 2. The van der Waals surface area contributed by atoms with E-state index in [1.54, 1.807) is 12.4 Å². The number of pyridine rings is 1. The molecule has 2 aromatic rings. The Morgan fingerprint density at radius 2 is 2.18 bits per heavy atom. The second-order valence-electron chi connectivity index (χ2n) is 2.23. The first-order valence-electron chi connectivity index (χ1n) is 3.36. The van der Waals surface area contributed by atoms with Gasteiger partial charge in [-0.05, 0) is 6.07 Å². The molecule has 0 fully saturated rings. The molecule has 0 unspecified atom stereocenters. The summed E-state index contributed by atoms with van der Waals surface area (Å²) in [4.78, 5) is 4.00. The van der Waals surface area contributed by atoms with Gasteiger partial charge in [0.05, 0.1) is 6.20 Å². The van der Waals surface area contributed by atoms with Crippen molar-refractivity contribution in [2.24, 2.45) is 0 Å². The summed E-state index contributed by atoms with van der Waals surface area (Å²) in [6.07, 6.45) is 7.18. The van der Waals surface area contributed by atoms with E-state index >= 15 is 0 Å². The van der Waals surface area contributed by atoms with Gasteiger partial charge in [0.25, 0.3) is 0 Å². The molecule has 2 heterocycles. The van der Waals surface area contributed by atoms with Crippen molar-refractivity contribution in [3.63, 3.8) is 0 Å². The van der Waals surface area contributed by atoms with Crippen molar-refractivity contribution >= 4 is 0 Å². The fourth-order valence-electron chi connectivity index (χ4n) is 0.942. The normalized spacial score (nSPS) is 9.82. The third-order valence-electron chi connectivity index (χ3n) is 1.49. The van der Waals surface area contributed by atoms with Gasteiger partial charge >= 0.3 is 0 Å². The van der Waals surface area contributed by atoms with E-state index in [9.17, 15) is 0 Å². The molecule has 0 spiro atoms. The predicted molar refractivity (Wildman–Crippen MR) is 41.8 cm³/mol. The van der Waals surface area contributed by atoms with Gasteiger partial charge in [0, 0.05) is 29.7 Å². The van der Waals surface area contributed by atoms with Gasteiger partial charge in [-0.3, -0.25) is 10.1 Å². The van der Waals surface area contributed by atoms with Crippen LogP contribution in [0.5, 0.6) is 0 Å². The maximum atomic E-state index is 4.00. The SMILES string of the molecule is c1cncc(-c2cn[nH]c2)c1. The summed E-state index contributed by atoms with van der Waals surface area (Å²) in [5, 5.41) is 6.60. The number of rotatable bonds is 1. The molecular weight excluding hydrogens is 138 g/mol. The van der Waals surface area contributed by atoms with E-state index in [2.05, 4.69) is 15.2 Å². The molecule has 0 saturated heterocycles. The van der Waals surface area contributed by atoms with Gasteiger partial charge in [-0.15, -0.1) is 0 Å². The zero-order chi connectivity index (χ0) is 7.52. The van der Waals surface area contributed by atoms with Crippen LogP contribution in [0, 0.1) is 0 Å². The lowest BCUT2D eigenvalue weighted by atomic mass is 10.2. The van der Waals surface area contributed by atoms with Crippen LogP contribution < -0.4 is 0 Å². The summed E-state index contributed by atoms with van der Waals surface area (Å²) in [6.45, 7) is 0. The Bertz CT molecular complexity index is 312. The standard InChI is InChI=1S/C8H7N3/c1-2-7(4-9-3-1)8-5-10-11-6-8/h1-6H,(H,10,11). The van der Waals surface area contributed by atoms with Gasteiger partial charge in [-0.1, -0.05) is 6.07 Å². The van der Waals surface area contributed by atoms with Crippen molar-refractivity contribution in [2.45, 2.75) is 0 Å². The first-order chi connectivity index (χ1) is 5.47. The first kappa shape index (κ1) is 6.09. The molecule has 3 nitrogen and oxygen atoms in total. The molecule has 11 heavy (non-hydrogen) atoms. The Hall–Kier alpha value is -1.64. The average molecular weight is 145 g/mol. The molecule has 0 atom stereocenters. The van der Waals surface area contributed by atoms with Gasteiger partial charge in [-0.2, -0.15) is 5.10 Å². The molecule has 2 aromatic heterocycles. The van der Waals surface area contributed by atoms with Crippen LogP contribution in [0.1, 0.15) is 0 Å². The van der Waals surface area contributed by atoms with E-state index in [4.69, 9.17) is 0 Å². The number of H-pyrrole nitrogens is 1. The quantitative estimate of drug-likeness (QED) is 0.660. The van der Waals surface area contributed by atoms with E-state index < -0.39 is 0 Å². The largest absolute Gasteiger partial charge is 0.285 e. The predicted octanol–water partition coefficient (Wildman–Crippen LogP) is 1.47. The van der Waals surface area contributed by atoms with Crippen LogP contribution in [-0.4, -0.2) is 15.2 Å². The maximum absolute atomic E-state index is 4.00. The maximum Gasteiger partial charge on any atom is 0.0566 e. The van der Waals surface area contributed by atoms with E-state index in [1.165, 1.54) is 0 Å². The van der Waals surface area contributed by atoms with E-state index in [1.807, 2.05) is 24.5 Å². The van der Waals surface area contributed by atoms with Crippen LogP contribution in [0.3, 0.4) is 0 Å². The van der Waals surface area contributed by atoms with Crippen molar-refractivity contribution in [3.8, 4) is 11.1 Å². The van der Waals surface area contributed by atoms with Crippen LogP contribution in [0.4, 0.5) is 0 Å². The fraction of sp³-hybridized carbons (Fsp3) is 0. The third-order valence-corrected chi connectivity index (χ3v) is 1.49. The highest BCUT2D eigenvalue weighted by Crippen LogP contribution is 2.14. The van der Waals surface area contributed by atoms with Crippen molar-refractivity contribution < 1.29 is 0 Å². The number of aromatic amines is 1. The summed E-state index contributed by atoms with van der Waals surface area (Å²) in [5.74, 6) is 0. The molecule has 0 amide bonds. The molecule has 1 N–H and O–H groups in total. The Kier molecular flexibility index (Phi) is 1.41. The van der Waals surface area contributed by atoms with Crippen molar-refractivity contribution in [1.29, 1.82) is 0 Å². The van der Waals surface area contributed by atoms with Crippen LogP contribution in [-0.2, 0) is 0 Å². The molecule has 0 aliphatic heterocycles. The van der Waals surface area contributed by atoms with Gasteiger partial charge in [0.1, 0.15) is 0 Å². The molecule has 0 aliphatic carbocycles. The zero-order valence-electron chi connectivity index (χ0n) is 5.86. The Morgan fingerprint density at radius 3 is 2.82 bits per heavy atom. The van der Waals surface area contributed by atoms with Gasteiger partial charge in [-0.25, -0.2) is 0 Å². The first-order valence-corrected chi connectivity index (χ1v) is 3.36. The Morgan fingerprint density at radius 1 is 1.18 bits per heavy atom. The number of nitrogens with zero attached hydrogens (tertiary/aromatic N) is 2. The van der Waals surface area contributed by atoms with Crippen LogP contribution >= 0.6 is 0 Å². The number of aromatic nitrogens is 3. The minimum atomic E-state index is 1.07. The summed E-state index contributed by atoms with van der Waals surface area (Å²) < 4.78 is 0. The second-order valence-corrected chi connectivity index (χ2v) is 2.23. The smallest absolute Gasteiger partial charge is 0.0566 e. The van der Waals surface area contributed by atoms with Crippen LogP contribution in [0.25, 0.3) is 11.1 Å². The molecule has 0 aromatic carbocycles. The molecule has 0 radical (unpaired) electrons. The van der Waals surface area contributed by atoms with E-state index in [-0.39, 0.29) is 0 Å². The van der Waals surface area contributed by atoms with Crippen LogP contribution in [0.15, 0.2) is 36.9 Å². The average Bonchev–Trinajstić information content (AvgIpc) is 2.58. The zero-order valence-corrected chi connectivity index (χ0v) is 5.86. The Balaban J connectivity index is 2.46. The Labute approximate surface area is 64.1 Å². The van der Waals surface area contributed by atoms with E-state index in [0.29, 0.717) is 0 Å². The van der Waals surface area contributed by atoms with Crippen molar-refractivity contribution in [1.82, 2.24) is 15.2 Å². The molecule has 54 valence electrons. The monoisotopic (exact) mass is 145 g/mol. The summed E-state index contributed by atoms with van der Waals surface area (Å²) >= 11 is 0. The molecule has 2 rings (SSSR count).